The number of carbonyl (C=O) groups is 1. The molecule has 0 atom stereocenters. The van der Waals surface area contributed by atoms with Gasteiger partial charge in [-0.15, -0.1) is 11.3 Å². The molecule has 17 heavy (non-hydrogen) atoms. The molecule has 0 bridgehead atoms. The number of amides is 1. The van der Waals surface area contributed by atoms with Crippen molar-refractivity contribution >= 4 is 27.5 Å². The topological polar surface area (TPSA) is 65.2 Å². The van der Waals surface area contributed by atoms with Gasteiger partial charge < -0.3 is 10.5 Å². The lowest BCUT2D eigenvalue weighted by Gasteiger charge is -1.96. The molecule has 0 saturated carbocycles. The van der Waals surface area contributed by atoms with E-state index < -0.39 is 5.91 Å². The van der Waals surface area contributed by atoms with E-state index >= 15 is 0 Å². The van der Waals surface area contributed by atoms with E-state index in [1.165, 1.54) is 11.3 Å². The highest BCUT2D eigenvalue weighted by Gasteiger charge is 2.02. The summed E-state index contributed by atoms with van der Waals surface area (Å²) in [5, 5.41) is 0.675. The van der Waals surface area contributed by atoms with Gasteiger partial charge >= 0.3 is 0 Å². The standard InChI is InChI=1S/C12H10N2O2S/c1-16-8-5-6-9-10(7-8)17-12(14-9)4-2-3-11(13)15/h5-7H,3H2,1H3,(H2,13,15). The Hall–Kier alpha value is -2.06. The number of hydrogen-bond donors (Lipinski definition) is 1. The predicted molar refractivity (Wildman–Crippen MR) is 66.9 cm³/mol. The van der Waals surface area contributed by atoms with Gasteiger partial charge in [0.2, 0.25) is 5.91 Å². The summed E-state index contributed by atoms with van der Waals surface area (Å²) in [6.45, 7) is 0. The summed E-state index contributed by atoms with van der Waals surface area (Å²) >= 11 is 1.46. The summed E-state index contributed by atoms with van der Waals surface area (Å²) in [5.74, 6) is 5.86. The highest BCUT2D eigenvalue weighted by molar-refractivity contribution is 7.19. The minimum absolute atomic E-state index is 0.0548. The SMILES string of the molecule is COc1ccc2nc(C#CCC(N)=O)sc2c1. The second-order valence-electron chi connectivity index (χ2n) is 3.30. The van der Waals surface area contributed by atoms with Gasteiger partial charge in [0.25, 0.3) is 0 Å². The molecule has 0 saturated heterocycles. The molecule has 0 spiro atoms. The van der Waals surface area contributed by atoms with Gasteiger partial charge in [-0.1, -0.05) is 5.92 Å². The number of methoxy groups -OCH3 is 1. The first kappa shape index (κ1) is 11.4. The molecule has 5 heteroatoms. The van der Waals surface area contributed by atoms with E-state index in [1.807, 2.05) is 18.2 Å². The van der Waals surface area contributed by atoms with Crippen LogP contribution < -0.4 is 10.5 Å². The molecule has 0 aliphatic rings. The van der Waals surface area contributed by atoms with Crippen molar-refractivity contribution in [3.8, 4) is 17.6 Å². The first-order chi connectivity index (χ1) is 8.19. The van der Waals surface area contributed by atoms with Gasteiger partial charge in [-0.2, -0.15) is 0 Å². The van der Waals surface area contributed by atoms with Crippen LogP contribution in [0.3, 0.4) is 0 Å². The third-order valence-electron chi connectivity index (χ3n) is 2.05. The Morgan fingerprint density at radius 1 is 1.59 bits per heavy atom. The summed E-state index contributed by atoms with van der Waals surface area (Å²) in [7, 11) is 1.62. The molecular weight excluding hydrogens is 236 g/mol. The number of thiazole rings is 1. The van der Waals surface area contributed by atoms with Crippen molar-refractivity contribution < 1.29 is 9.53 Å². The fraction of sp³-hybridized carbons (Fsp3) is 0.167. The van der Waals surface area contributed by atoms with Crippen LogP contribution in [0.15, 0.2) is 18.2 Å². The molecule has 1 heterocycles. The zero-order valence-corrected chi connectivity index (χ0v) is 10.0. The minimum Gasteiger partial charge on any atom is -0.497 e. The molecule has 0 aliphatic heterocycles. The number of nitrogens with two attached hydrogens (primary N) is 1. The predicted octanol–water partition coefficient (Wildman–Crippen LogP) is 1.53. The van der Waals surface area contributed by atoms with Crippen LogP contribution in [0.4, 0.5) is 0 Å². The maximum atomic E-state index is 10.5. The lowest BCUT2D eigenvalue weighted by atomic mass is 10.3. The van der Waals surface area contributed by atoms with E-state index in [2.05, 4.69) is 16.8 Å². The Balaban J connectivity index is 2.30. The number of ether oxygens (including phenoxy) is 1. The van der Waals surface area contributed by atoms with E-state index in [9.17, 15) is 4.79 Å². The summed E-state index contributed by atoms with van der Waals surface area (Å²) in [4.78, 5) is 14.9. The van der Waals surface area contributed by atoms with Gasteiger partial charge in [0.1, 0.15) is 5.75 Å². The third-order valence-corrected chi connectivity index (χ3v) is 2.99. The number of rotatable bonds is 2. The lowest BCUT2D eigenvalue weighted by molar-refractivity contribution is -0.117. The van der Waals surface area contributed by atoms with Crippen LogP contribution in [0.25, 0.3) is 10.2 Å². The van der Waals surface area contributed by atoms with Crippen molar-refractivity contribution in [2.75, 3.05) is 7.11 Å². The summed E-state index contributed by atoms with van der Waals surface area (Å²) < 4.78 is 6.13. The van der Waals surface area contributed by atoms with Crippen molar-refractivity contribution in [1.82, 2.24) is 4.98 Å². The molecule has 0 radical (unpaired) electrons. The summed E-state index contributed by atoms with van der Waals surface area (Å²) in [5.41, 5.74) is 5.87. The highest BCUT2D eigenvalue weighted by Crippen LogP contribution is 2.25. The Kier molecular flexibility index (Phi) is 3.26. The Morgan fingerprint density at radius 3 is 3.12 bits per heavy atom. The third kappa shape index (κ3) is 2.74. The fourth-order valence-corrected chi connectivity index (χ4v) is 2.16. The van der Waals surface area contributed by atoms with Gasteiger partial charge in [0.05, 0.1) is 23.7 Å². The van der Waals surface area contributed by atoms with Crippen molar-refractivity contribution in [2.45, 2.75) is 6.42 Å². The van der Waals surface area contributed by atoms with E-state index in [-0.39, 0.29) is 6.42 Å². The monoisotopic (exact) mass is 246 g/mol. The molecule has 0 unspecified atom stereocenters. The van der Waals surface area contributed by atoms with Crippen LogP contribution in [-0.4, -0.2) is 18.0 Å². The van der Waals surface area contributed by atoms with Gasteiger partial charge in [-0.25, -0.2) is 4.98 Å². The number of benzene rings is 1. The number of primary amides is 1. The summed E-state index contributed by atoms with van der Waals surface area (Å²) in [6, 6.07) is 5.64. The van der Waals surface area contributed by atoms with Gasteiger partial charge in [0, 0.05) is 0 Å². The molecule has 1 aromatic carbocycles. The number of carbonyl (C=O) groups excluding carboxylic acids is 1. The molecule has 2 aromatic rings. The molecule has 0 fully saturated rings. The van der Waals surface area contributed by atoms with Crippen LogP contribution in [0, 0.1) is 11.8 Å². The second kappa shape index (κ2) is 4.85. The highest BCUT2D eigenvalue weighted by atomic mass is 32.1. The van der Waals surface area contributed by atoms with Crippen LogP contribution in [0.2, 0.25) is 0 Å². The number of aromatic nitrogens is 1. The average molecular weight is 246 g/mol. The Morgan fingerprint density at radius 2 is 2.41 bits per heavy atom. The molecule has 86 valence electrons. The quantitative estimate of drug-likeness (QED) is 0.817. The number of nitrogens with zero attached hydrogens (tertiary/aromatic N) is 1. The molecule has 1 aromatic heterocycles. The first-order valence-electron chi connectivity index (χ1n) is 4.91. The fourth-order valence-electron chi connectivity index (χ4n) is 1.29. The number of fused-ring (bicyclic) bond motifs is 1. The van der Waals surface area contributed by atoms with Crippen molar-refractivity contribution in [3.05, 3.63) is 23.2 Å². The number of hydrogen-bond acceptors (Lipinski definition) is 4. The molecule has 4 nitrogen and oxygen atoms in total. The van der Waals surface area contributed by atoms with Gasteiger partial charge in [-0.05, 0) is 24.1 Å². The van der Waals surface area contributed by atoms with E-state index in [0.717, 1.165) is 16.0 Å². The van der Waals surface area contributed by atoms with Crippen molar-refractivity contribution in [3.63, 3.8) is 0 Å². The smallest absolute Gasteiger partial charge is 0.229 e. The van der Waals surface area contributed by atoms with Gasteiger partial charge in [-0.3, -0.25) is 4.79 Å². The van der Waals surface area contributed by atoms with Crippen LogP contribution in [-0.2, 0) is 4.79 Å². The molecular formula is C12H10N2O2S. The minimum atomic E-state index is -0.430. The molecule has 1 amide bonds. The average Bonchev–Trinajstić information content (AvgIpc) is 2.69. The first-order valence-corrected chi connectivity index (χ1v) is 5.72. The molecule has 2 rings (SSSR count). The normalized spacial score (nSPS) is 9.71. The van der Waals surface area contributed by atoms with E-state index in [4.69, 9.17) is 10.5 Å². The van der Waals surface area contributed by atoms with E-state index in [0.29, 0.717) is 5.01 Å². The zero-order valence-electron chi connectivity index (χ0n) is 9.19. The van der Waals surface area contributed by atoms with Crippen LogP contribution in [0.5, 0.6) is 5.75 Å². The lowest BCUT2D eigenvalue weighted by Crippen LogP contribution is -2.08. The maximum absolute atomic E-state index is 10.5. The van der Waals surface area contributed by atoms with Gasteiger partial charge in [0.15, 0.2) is 5.01 Å². The molecule has 2 N–H and O–H groups in total. The largest absolute Gasteiger partial charge is 0.497 e. The van der Waals surface area contributed by atoms with Crippen LogP contribution >= 0.6 is 11.3 Å². The van der Waals surface area contributed by atoms with Crippen molar-refractivity contribution in [2.24, 2.45) is 5.73 Å². The maximum Gasteiger partial charge on any atom is 0.229 e. The van der Waals surface area contributed by atoms with E-state index in [1.54, 1.807) is 7.11 Å². The molecule has 0 aliphatic carbocycles. The Labute approximate surface area is 102 Å². The van der Waals surface area contributed by atoms with Crippen molar-refractivity contribution in [1.29, 1.82) is 0 Å². The van der Waals surface area contributed by atoms with Crippen LogP contribution in [0.1, 0.15) is 11.4 Å². The summed E-state index contributed by atoms with van der Waals surface area (Å²) in [6.07, 6.45) is 0.0548. The zero-order chi connectivity index (χ0) is 12.3. The Bertz CT molecular complexity index is 622. The second-order valence-corrected chi connectivity index (χ2v) is 4.33.